The van der Waals surface area contributed by atoms with E-state index in [1.807, 2.05) is 0 Å². The van der Waals surface area contributed by atoms with Gasteiger partial charge in [-0.05, 0) is 19.8 Å². The topological polar surface area (TPSA) is 24.9 Å². The first-order valence-corrected chi connectivity index (χ1v) is 5.46. The van der Waals surface area contributed by atoms with Crippen molar-refractivity contribution in [3.05, 3.63) is 16.6 Å². The first-order chi connectivity index (χ1) is 6.21. The van der Waals surface area contributed by atoms with Crippen molar-refractivity contribution < 1.29 is 4.39 Å². The molecule has 2 nitrogen and oxygen atoms in total. The maximum absolute atomic E-state index is 14.2. The molecule has 0 saturated carbocycles. The van der Waals surface area contributed by atoms with Gasteiger partial charge >= 0.3 is 0 Å². The smallest absolute Gasteiger partial charge is 0.165 e. The number of nitrogens with zero attached hydrogens (tertiary/aromatic N) is 1. The third-order valence-electron chi connectivity index (χ3n) is 2.60. The van der Waals surface area contributed by atoms with E-state index >= 15 is 0 Å². The second-order valence-corrected chi connectivity index (χ2v) is 4.38. The molecule has 2 atom stereocenters. The highest BCUT2D eigenvalue weighted by Crippen LogP contribution is 2.33. The van der Waals surface area contributed by atoms with Gasteiger partial charge in [0.2, 0.25) is 0 Å². The summed E-state index contributed by atoms with van der Waals surface area (Å²) in [6.07, 6.45) is 1.47. The Labute approximate surface area is 81.2 Å². The third-order valence-corrected chi connectivity index (χ3v) is 3.18. The van der Waals surface area contributed by atoms with Crippen LogP contribution in [0.3, 0.4) is 0 Å². The lowest BCUT2D eigenvalue weighted by atomic mass is 9.90. The quantitative estimate of drug-likeness (QED) is 0.750. The second kappa shape index (κ2) is 3.35. The Hall–Kier alpha value is -0.480. The van der Waals surface area contributed by atoms with Gasteiger partial charge in [0.25, 0.3) is 0 Å². The molecule has 1 aliphatic rings. The summed E-state index contributed by atoms with van der Waals surface area (Å²) >= 11 is 1.45. The highest BCUT2D eigenvalue weighted by Gasteiger charge is 2.37. The van der Waals surface area contributed by atoms with Crippen LogP contribution in [0.2, 0.25) is 0 Å². The Morgan fingerprint density at radius 3 is 3.15 bits per heavy atom. The first kappa shape index (κ1) is 9.09. The molecule has 0 radical (unpaired) electrons. The fourth-order valence-corrected chi connectivity index (χ4v) is 2.26. The van der Waals surface area contributed by atoms with Crippen molar-refractivity contribution in [2.75, 3.05) is 6.54 Å². The van der Waals surface area contributed by atoms with Gasteiger partial charge in [0.1, 0.15) is 0 Å². The summed E-state index contributed by atoms with van der Waals surface area (Å²) < 4.78 is 14.2. The summed E-state index contributed by atoms with van der Waals surface area (Å²) in [7, 11) is 0. The molecule has 2 heterocycles. The van der Waals surface area contributed by atoms with Crippen LogP contribution in [0, 0.1) is 0 Å². The minimum Gasteiger partial charge on any atom is -0.311 e. The van der Waals surface area contributed by atoms with Crippen molar-refractivity contribution >= 4 is 11.3 Å². The molecule has 0 aliphatic carbocycles. The fraction of sp³-hybridized carbons (Fsp3) is 0.667. The number of rotatable bonds is 1. The first-order valence-electron chi connectivity index (χ1n) is 4.52. The number of thiazole rings is 1. The van der Waals surface area contributed by atoms with Crippen LogP contribution in [0.15, 0.2) is 10.9 Å². The molecule has 2 unspecified atom stereocenters. The Morgan fingerprint density at radius 2 is 2.62 bits per heavy atom. The zero-order chi connectivity index (χ0) is 9.31. The number of halogens is 1. The van der Waals surface area contributed by atoms with E-state index in [2.05, 4.69) is 17.2 Å². The molecule has 13 heavy (non-hydrogen) atoms. The average molecular weight is 200 g/mol. The van der Waals surface area contributed by atoms with Crippen LogP contribution < -0.4 is 5.32 Å². The van der Waals surface area contributed by atoms with Crippen LogP contribution in [0.25, 0.3) is 0 Å². The largest absolute Gasteiger partial charge is 0.311 e. The molecule has 0 spiro atoms. The number of hydrogen-bond donors (Lipinski definition) is 1. The summed E-state index contributed by atoms with van der Waals surface area (Å²) in [5.41, 5.74) is 1.05. The van der Waals surface area contributed by atoms with Crippen molar-refractivity contribution in [3.8, 4) is 0 Å². The van der Waals surface area contributed by atoms with Gasteiger partial charge in [-0.3, -0.25) is 0 Å². The Bertz CT molecular complexity index is 265. The zero-order valence-corrected chi connectivity index (χ0v) is 8.40. The molecule has 2 rings (SSSR count). The molecule has 0 bridgehead atoms. The average Bonchev–Trinajstić information content (AvgIpc) is 2.63. The number of piperidine rings is 1. The summed E-state index contributed by atoms with van der Waals surface area (Å²) in [5, 5.41) is 4.95. The number of hydrogen-bond acceptors (Lipinski definition) is 3. The molecule has 1 aromatic rings. The van der Waals surface area contributed by atoms with Crippen LogP contribution in [-0.2, 0) is 5.67 Å². The molecule has 1 saturated heterocycles. The fourth-order valence-electron chi connectivity index (χ4n) is 1.62. The Kier molecular flexibility index (Phi) is 2.34. The summed E-state index contributed by atoms with van der Waals surface area (Å²) in [6.45, 7) is 2.48. The number of aromatic nitrogens is 1. The number of nitrogens with one attached hydrogen (secondary N) is 1. The van der Waals surface area contributed by atoms with E-state index < -0.39 is 5.67 Å². The van der Waals surface area contributed by atoms with E-state index in [0.29, 0.717) is 24.7 Å². The van der Waals surface area contributed by atoms with E-state index in [1.165, 1.54) is 11.3 Å². The molecular weight excluding hydrogens is 187 g/mol. The highest BCUT2D eigenvalue weighted by molar-refractivity contribution is 7.07. The van der Waals surface area contributed by atoms with Crippen molar-refractivity contribution in [1.29, 1.82) is 0 Å². The van der Waals surface area contributed by atoms with Crippen LogP contribution in [0.5, 0.6) is 0 Å². The van der Waals surface area contributed by atoms with Crippen molar-refractivity contribution in [2.45, 2.75) is 31.5 Å². The van der Waals surface area contributed by atoms with Gasteiger partial charge in [-0.2, -0.15) is 0 Å². The van der Waals surface area contributed by atoms with Crippen LogP contribution in [0.1, 0.15) is 25.5 Å². The zero-order valence-electron chi connectivity index (χ0n) is 7.59. The van der Waals surface area contributed by atoms with Gasteiger partial charge in [-0.15, -0.1) is 11.3 Å². The second-order valence-electron chi connectivity index (χ2n) is 3.66. The van der Waals surface area contributed by atoms with Crippen molar-refractivity contribution in [2.24, 2.45) is 0 Å². The molecule has 1 aromatic heterocycles. The highest BCUT2D eigenvalue weighted by atomic mass is 32.1. The van der Waals surface area contributed by atoms with Crippen LogP contribution in [0.4, 0.5) is 4.39 Å². The van der Waals surface area contributed by atoms with Crippen LogP contribution in [-0.4, -0.2) is 17.6 Å². The summed E-state index contributed by atoms with van der Waals surface area (Å²) in [5.74, 6) is 0. The minimum absolute atomic E-state index is 0.401. The molecular formula is C9H13FN2S. The third kappa shape index (κ3) is 1.74. The Morgan fingerprint density at radius 1 is 1.77 bits per heavy atom. The van der Waals surface area contributed by atoms with Gasteiger partial charge in [-0.25, -0.2) is 9.37 Å². The van der Waals surface area contributed by atoms with Gasteiger partial charge in [0.05, 0.1) is 11.2 Å². The van der Waals surface area contributed by atoms with Gasteiger partial charge < -0.3 is 5.32 Å². The lowest BCUT2D eigenvalue weighted by Crippen LogP contribution is -2.44. The molecule has 4 heteroatoms. The molecule has 0 aromatic carbocycles. The summed E-state index contributed by atoms with van der Waals surface area (Å²) in [4.78, 5) is 4.04. The maximum Gasteiger partial charge on any atom is 0.165 e. The van der Waals surface area contributed by atoms with E-state index in [9.17, 15) is 4.39 Å². The van der Waals surface area contributed by atoms with Gasteiger partial charge in [0, 0.05) is 18.0 Å². The molecule has 72 valence electrons. The number of alkyl halides is 1. The normalized spacial score (nSPS) is 34.8. The molecule has 1 N–H and O–H groups in total. The van der Waals surface area contributed by atoms with E-state index in [1.54, 1.807) is 10.9 Å². The maximum atomic E-state index is 14.2. The summed E-state index contributed by atoms with van der Waals surface area (Å²) in [6, 6.07) is 0.433. The Balaban J connectivity index is 2.13. The lowest BCUT2D eigenvalue weighted by molar-refractivity contribution is 0.102. The van der Waals surface area contributed by atoms with E-state index in [0.717, 1.165) is 6.42 Å². The van der Waals surface area contributed by atoms with E-state index in [-0.39, 0.29) is 0 Å². The van der Waals surface area contributed by atoms with Crippen LogP contribution >= 0.6 is 11.3 Å². The minimum atomic E-state index is -1.23. The predicted molar refractivity (Wildman–Crippen MR) is 51.6 cm³/mol. The van der Waals surface area contributed by atoms with E-state index in [4.69, 9.17) is 0 Å². The monoisotopic (exact) mass is 200 g/mol. The van der Waals surface area contributed by atoms with Gasteiger partial charge in [-0.1, -0.05) is 0 Å². The van der Waals surface area contributed by atoms with Crippen molar-refractivity contribution in [3.63, 3.8) is 0 Å². The van der Waals surface area contributed by atoms with Gasteiger partial charge in [0.15, 0.2) is 5.67 Å². The van der Waals surface area contributed by atoms with Crippen molar-refractivity contribution in [1.82, 2.24) is 10.3 Å². The SMILES string of the molecule is CC1CCC(F)(c2cscn2)CN1. The molecule has 1 fully saturated rings. The molecule has 0 amide bonds. The standard InChI is InChI=1S/C9H13FN2S/c1-7-2-3-9(10,5-11-7)8-4-13-6-12-8/h4,6-7,11H,2-3,5H2,1H3. The molecule has 1 aliphatic heterocycles. The lowest BCUT2D eigenvalue weighted by Gasteiger charge is -2.32. The predicted octanol–water partition coefficient (Wildman–Crippen LogP) is 2.08.